The van der Waals surface area contributed by atoms with Crippen LogP contribution in [-0.2, 0) is 0 Å². The molecule has 0 saturated carbocycles. The molecule has 0 N–H and O–H groups in total. The molecule has 0 unspecified atom stereocenters. The number of aryl methyl sites for hydroxylation is 1. The van der Waals surface area contributed by atoms with Crippen molar-refractivity contribution in [3.63, 3.8) is 0 Å². The SMILES string of the molecule is Cc1sc(-c2ccc(Cl)cc2Cl)nc1Br. The Balaban J connectivity index is 2.54. The zero-order chi connectivity index (χ0) is 11.0. The van der Waals surface area contributed by atoms with Gasteiger partial charge < -0.3 is 0 Å². The lowest BCUT2D eigenvalue weighted by Gasteiger charge is -1.99. The second kappa shape index (κ2) is 4.42. The van der Waals surface area contributed by atoms with Crippen LogP contribution in [0.1, 0.15) is 4.88 Å². The second-order valence-electron chi connectivity index (χ2n) is 2.99. The standard InChI is InChI=1S/C10H6BrCl2NS/c1-5-9(11)14-10(15-5)7-3-2-6(12)4-8(7)13/h2-4H,1H3. The van der Waals surface area contributed by atoms with Crippen LogP contribution < -0.4 is 0 Å². The predicted molar refractivity (Wildman–Crippen MR) is 70.0 cm³/mol. The van der Waals surface area contributed by atoms with Gasteiger partial charge in [0.15, 0.2) is 0 Å². The summed E-state index contributed by atoms with van der Waals surface area (Å²) < 4.78 is 0.869. The first kappa shape index (κ1) is 11.4. The Morgan fingerprint density at radius 2 is 2.07 bits per heavy atom. The van der Waals surface area contributed by atoms with Crippen molar-refractivity contribution in [3.05, 3.63) is 37.7 Å². The van der Waals surface area contributed by atoms with Gasteiger partial charge in [-0.05, 0) is 41.1 Å². The molecule has 0 aliphatic heterocycles. The molecule has 1 aromatic heterocycles. The molecular weight excluding hydrogens is 317 g/mol. The van der Waals surface area contributed by atoms with E-state index >= 15 is 0 Å². The van der Waals surface area contributed by atoms with Crippen molar-refractivity contribution in [2.24, 2.45) is 0 Å². The monoisotopic (exact) mass is 321 g/mol. The lowest BCUT2D eigenvalue weighted by atomic mass is 10.2. The van der Waals surface area contributed by atoms with Crippen molar-refractivity contribution in [2.75, 3.05) is 0 Å². The summed E-state index contributed by atoms with van der Waals surface area (Å²) in [6.07, 6.45) is 0. The highest BCUT2D eigenvalue weighted by Crippen LogP contribution is 2.35. The van der Waals surface area contributed by atoms with Crippen LogP contribution in [-0.4, -0.2) is 4.98 Å². The highest BCUT2D eigenvalue weighted by molar-refractivity contribution is 9.10. The fourth-order valence-electron chi connectivity index (χ4n) is 1.16. The van der Waals surface area contributed by atoms with Crippen molar-refractivity contribution >= 4 is 50.5 Å². The van der Waals surface area contributed by atoms with Crippen LogP contribution in [0, 0.1) is 6.92 Å². The first-order chi connectivity index (χ1) is 7.08. The molecule has 1 heterocycles. The molecule has 0 aliphatic rings. The summed E-state index contributed by atoms with van der Waals surface area (Å²) in [5, 5.41) is 2.17. The van der Waals surface area contributed by atoms with Gasteiger partial charge in [-0.25, -0.2) is 4.98 Å². The third-order valence-electron chi connectivity index (χ3n) is 1.90. The quantitative estimate of drug-likeness (QED) is 0.704. The predicted octanol–water partition coefficient (Wildman–Crippen LogP) is 5.19. The van der Waals surface area contributed by atoms with E-state index in [0.29, 0.717) is 10.0 Å². The third-order valence-corrected chi connectivity index (χ3v) is 4.49. The maximum Gasteiger partial charge on any atom is 0.126 e. The van der Waals surface area contributed by atoms with E-state index in [1.165, 1.54) is 0 Å². The highest BCUT2D eigenvalue weighted by atomic mass is 79.9. The topological polar surface area (TPSA) is 12.9 Å². The van der Waals surface area contributed by atoms with E-state index in [1.54, 1.807) is 17.4 Å². The Labute approximate surface area is 110 Å². The number of thiazole rings is 1. The number of hydrogen-bond donors (Lipinski definition) is 0. The van der Waals surface area contributed by atoms with E-state index in [0.717, 1.165) is 20.1 Å². The maximum absolute atomic E-state index is 6.09. The minimum absolute atomic E-state index is 0.628. The normalized spacial score (nSPS) is 10.7. The van der Waals surface area contributed by atoms with E-state index < -0.39 is 0 Å². The molecule has 0 aliphatic carbocycles. The first-order valence-corrected chi connectivity index (χ1v) is 6.53. The second-order valence-corrected chi connectivity index (χ2v) is 5.79. The van der Waals surface area contributed by atoms with E-state index in [9.17, 15) is 0 Å². The zero-order valence-electron chi connectivity index (χ0n) is 7.72. The highest BCUT2D eigenvalue weighted by Gasteiger charge is 2.10. The minimum atomic E-state index is 0.628. The van der Waals surface area contributed by atoms with Crippen LogP contribution in [0.2, 0.25) is 10.0 Å². The van der Waals surface area contributed by atoms with E-state index in [-0.39, 0.29) is 0 Å². The van der Waals surface area contributed by atoms with Gasteiger partial charge in [-0.3, -0.25) is 0 Å². The molecule has 78 valence electrons. The Bertz CT molecular complexity index is 491. The van der Waals surface area contributed by atoms with Crippen LogP contribution in [0.4, 0.5) is 0 Å². The zero-order valence-corrected chi connectivity index (χ0v) is 11.6. The third kappa shape index (κ3) is 2.36. The maximum atomic E-state index is 6.09. The molecule has 2 rings (SSSR count). The summed E-state index contributed by atoms with van der Waals surface area (Å²) in [6, 6.07) is 5.42. The molecule has 0 radical (unpaired) electrons. The van der Waals surface area contributed by atoms with Gasteiger partial charge in [-0.15, -0.1) is 11.3 Å². The molecule has 1 aromatic carbocycles. The fraction of sp³-hybridized carbons (Fsp3) is 0.100. The summed E-state index contributed by atoms with van der Waals surface area (Å²) >= 11 is 16.9. The largest absolute Gasteiger partial charge is 0.229 e. The Morgan fingerprint density at radius 3 is 2.60 bits per heavy atom. The number of hydrogen-bond acceptors (Lipinski definition) is 2. The Hall–Kier alpha value is -0.0900. The van der Waals surface area contributed by atoms with Gasteiger partial charge in [-0.1, -0.05) is 23.2 Å². The smallest absolute Gasteiger partial charge is 0.126 e. The molecule has 0 spiro atoms. The van der Waals surface area contributed by atoms with Crippen LogP contribution >= 0.6 is 50.5 Å². The Morgan fingerprint density at radius 1 is 1.33 bits per heavy atom. The van der Waals surface area contributed by atoms with E-state index in [1.807, 2.05) is 19.1 Å². The number of nitrogens with zero attached hydrogens (tertiary/aromatic N) is 1. The molecule has 1 nitrogen and oxygen atoms in total. The van der Waals surface area contributed by atoms with Crippen LogP contribution in [0.15, 0.2) is 22.8 Å². The van der Waals surface area contributed by atoms with Gasteiger partial charge in [-0.2, -0.15) is 0 Å². The fourth-order valence-corrected chi connectivity index (χ4v) is 3.09. The molecular formula is C10H6BrCl2NS. The number of aromatic nitrogens is 1. The average Bonchev–Trinajstić information content (AvgIpc) is 2.46. The number of halogens is 3. The van der Waals surface area contributed by atoms with Crippen molar-refractivity contribution in [2.45, 2.75) is 6.92 Å². The van der Waals surface area contributed by atoms with Crippen molar-refractivity contribution in [1.29, 1.82) is 0 Å². The van der Waals surface area contributed by atoms with Gasteiger partial charge in [0.25, 0.3) is 0 Å². The minimum Gasteiger partial charge on any atom is -0.229 e. The van der Waals surface area contributed by atoms with Crippen LogP contribution in [0.3, 0.4) is 0 Å². The number of rotatable bonds is 1. The molecule has 0 fully saturated rings. The lowest BCUT2D eigenvalue weighted by molar-refractivity contribution is 1.32. The molecule has 0 bridgehead atoms. The van der Waals surface area contributed by atoms with E-state index in [4.69, 9.17) is 23.2 Å². The van der Waals surface area contributed by atoms with Gasteiger partial charge in [0.2, 0.25) is 0 Å². The summed E-state index contributed by atoms with van der Waals surface area (Å²) in [5.41, 5.74) is 0.917. The van der Waals surface area contributed by atoms with Gasteiger partial charge in [0.1, 0.15) is 9.61 Å². The molecule has 2 aromatic rings. The van der Waals surface area contributed by atoms with E-state index in [2.05, 4.69) is 20.9 Å². The summed E-state index contributed by atoms with van der Waals surface area (Å²) in [7, 11) is 0. The van der Waals surface area contributed by atoms with Crippen LogP contribution in [0.5, 0.6) is 0 Å². The van der Waals surface area contributed by atoms with Gasteiger partial charge in [0, 0.05) is 15.5 Å². The van der Waals surface area contributed by atoms with Crippen molar-refractivity contribution < 1.29 is 0 Å². The van der Waals surface area contributed by atoms with Gasteiger partial charge in [0.05, 0.1) is 5.02 Å². The molecule has 5 heteroatoms. The molecule has 0 atom stereocenters. The number of benzene rings is 1. The molecule has 15 heavy (non-hydrogen) atoms. The molecule has 0 saturated heterocycles. The van der Waals surface area contributed by atoms with Crippen LogP contribution in [0.25, 0.3) is 10.6 Å². The summed E-state index contributed by atoms with van der Waals surface area (Å²) in [6.45, 7) is 2.01. The van der Waals surface area contributed by atoms with Gasteiger partial charge >= 0.3 is 0 Å². The van der Waals surface area contributed by atoms with Crippen molar-refractivity contribution in [3.8, 4) is 10.6 Å². The van der Waals surface area contributed by atoms with Crippen molar-refractivity contribution in [1.82, 2.24) is 4.98 Å². The summed E-state index contributed by atoms with van der Waals surface area (Å²) in [5.74, 6) is 0. The summed E-state index contributed by atoms with van der Waals surface area (Å²) in [4.78, 5) is 5.51. The first-order valence-electron chi connectivity index (χ1n) is 4.16. The lowest BCUT2D eigenvalue weighted by Crippen LogP contribution is -1.77. The molecule has 0 amide bonds. The average molecular weight is 323 g/mol. The Kier molecular flexibility index (Phi) is 3.36.